The summed E-state index contributed by atoms with van der Waals surface area (Å²) < 4.78 is 8.93. The minimum Gasteiger partial charge on any atom is -0.471 e. The quantitative estimate of drug-likeness (QED) is 0.188. The molecule has 50 heavy (non-hydrogen) atoms. The van der Waals surface area contributed by atoms with Crippen LogP contribution in [0.25, 0.3) is 27.6 Å². The predicted molar refractivity (Wildman–Crippen MR) is 205 cm³/mol. The third-order valence-corrected chi connectivity index (χ3v) is 11.5. The van der Waals surface area contributed by atoms with Gasteiger partial charge in [-0.1, -0.05) is 87.1 Å². The Bertz CT molecular complexity index is 2560. The molecule has 0 saturated carbocycles. The van der Waals surface area contributed by atoms with Crippen LogP contribution in [0.5, 0.6) is 0 Å². The number of aliphatic imine (C=N–C) groups is 1. The summed E-state index contributed by atoms with van der Waals surface area (Å²) in [5, 5.41) is 2.44. The van der Waals surface area contributed by atoms with Crippen LogP contribution >= 0.6 is 11.8 Å². The Morgan fingerprint density at radius 2 is 1.58 bits per heavy atom. The first-order chi connectivity index (χ1) is 24.3. The van der Waals surface area contributed by atoms with Gasteiger partial charge in [0.15, 0.2) is 0 Å². The van der Waals surface area contributed by atoms with Gasteiger partial charge in [0.1, 0.15) is 18.0 Å². The lowest BCUT2D eigenvalue weighted by atomic mass is 9.88. The topological polar surface area (TPSA) is 42.6 Å². The fraction of sp³-hybridized carbons (Fsp3) is 0.182. The Morgan fingerprint density at radius 3 is 2.48 bits per heavy atom. The van der Waals surface area contributed by atoms with Crippen LogP contribution in [0.15, 0.2) is 136 Å². The van der Waals surface area contributed by atoms with Crippen LogP contribution < -0.4 is 4.90 Å². The maximum Gasteiger partial charge on any atom is 0.217 e. The zero-order chi connectivity index (χ0) is 33.7. The van der Waals surface area contributed by atoms with Crippen molar-refractivity contribution in [2.45, 2.75) is 61.5 Å². The number of ether oxygens (including phenoxy) is 1. The molecular weight excluding hydrogens is 633 g/mol. The van der Waals surface area contributed by atoms with Gasteiger partial charge in [0, 0.05) is 44.4 Å². The van der Waals surface area contributed by atoms with Crippen molar-refractivity contribution in [2.75, 3.05) is 4.90 Å². The van der Waals surface area contributed by atoms with Gasteiger partial charge in [-0.05, 0) is 95.3 Å². The van der Waals surface area contributed by atoms with Gasteiger partial charge in [-0.15, -0.1) is 0 Å². The first-order valence-electron chi connectivity index (χ1n) is 17.4. The average molecular weight is 669 g/mol. The number of para-hydroxylation sites is 2. The van der Waals surface area contributed by atoms with Crippen LogP contribution in [0.4, 0.5) is 17.1 Å². The highest BCUT2D eigenvalue weighted by Crippen LogP contribution is 2.53. The summed E-state index contributed by atoms with van der Waals surface area (Å²) in [7, 11) is 0. The second-order valence-electron chi connectivity index (χ2n) is 14.7. The second-order valence-corrected chi connectivity index (χ2v) is 15.8. The number of aryl methyl sites for hydroxylation is 1. The Morgan fingerprint density at radius 1 is 0.760 bits per heavy atom. The molecule has 0 amide bonds. The van der Waals surface area contributed by atoms with Crippen molar-refractivity contribution < 1.29 is 4.74 Å². The van der Waals surface area contributed by atoms with E-state index in [0.717, 1.165) is 57.4 Å². The monoisotopic (exact) mass is 668 g/mol. The molecule has 0 saturated heterocycles. The Labute approximate surface area is 296 Å². The summed E-state index contributed by atoms with van der Waals surface area (Å²) in [5.41, 5.74) is 11.8. The van der Waals surface area contributed by atoms with Crippen LogP contribution in [0, 0.1) is 6.92 Å². The van der Waals surface area contributed by atoms with E-state index in [1.54, 1.807) is 0 Å². The van der Waals surface area contributed by atoms with Gasteiger partial charge in [-0.2, -0.15) is 0 Å². The van der Waals surface area contributed by atoms with Gasteiger partial charge in [0.25, 0.3) is 0 Å². The summed E-state index contributed by atoms with van der Waals surface area (Å²) in [6, 6.07) is 42.0. The largest absolute Gasteiger partial charge is 0.471 e. The predicted octanol–water partition coefficient (Wildman–Crippen LogP) is 11.2. The Balaban J connectivity index is 1.17. The maximum absolute atomic E-state index is 6.60. The first-order valence-corrected chi connectivity index (χ1v) is 18.2. The van der Waals surface area contributed by atoms with Crippen LogP contribution in [-0.4, -0.2) is 21.6 Å². The molecule has 0 unspecified atom stereocenters. The summed E-state index contributed by atoms with van der Waals surface area (Å²) in [4.78, 5) is 15.0. The third kappa shape index (κ3) is 4.55. The minimum absolute atomic E-state index is 0.00497. The molecule has 1 aliphatic carbocycles. The van der Waals surface area contributed by atoms with Crippen molar-refractivity contribution in [3.05, 3.63) is 149 Å². The van der Waals surface area contributed by atoms with Crippen molar-refractivity contribution in [1.29, 1.82) is 0 Å². The van der Waals surface area contributed by atoms with E-state index in [0.29, 0.717) is 0 Å². The molecule has 244 valence electrons. The SMILES string of the molecule is Cc1cc(C2=N[C@@H]3c4ccccc4C[C@@H]3O2)cc(N2c3ccccc3Sc3cc4c5ccccc5n(-c5cc(C(C)(C)C)ccn5)c4cc32)c1. The standard InChI is InChI=1S/C44H36N4OS/c1-26-19-28(43-46-42-31-12-6-5-11-27(31)22-38(42)49-43)21-30(20-26)47-35-15-9-10-16-39(35)50-40-24-33-32-13-7-8-14-34(32)48(36(33)25-37(40)47)41-23-29(17-18-45-41)44(2,3)4/h5-21,23-25,38,42H,22H2,1-4H3/t38-,42+/m0/s1. The Hall–Kier alpha value is -5.33. The highest BCUT2D eigenvalue weighted by atomic mass is 32.2. The van der Waals surface area contributed by atoms with E-state index >= 15 is 0 Å². The number of fused-ring (bicyclic) bond motifs is 8. The van der Waals surface area contributed by atoms with Gasteiger partial charge in [-0.25, -0.2) is 9.98 Å². The van der Waals surface area contributed by atoms with E-state index < -0.39 is 0 Å². The van der Waals surface area contributed by atoms with Crippen molar-refractivity contribution in [3.63, 3.8) is 0 Å². The van der Waals surface area contributed by atoms with Crippen molar-refractivity contribution in [3.8, 4) is 5.82 Å². The van der Waals surface area contributed by atoms with Gasteiger partial charge < -0.3 is 9.64 Å². The average Bonchev–Trinajstić information content (AvgIpc) is 3.78. The van der Waals surface area contributed by atoms with Crippen molar-refractivity contribution >= 4 is 56.5 Å². The highest BCUT2D eigenvalue weighted by Gasteiger charge is 2.39. The molecule has 5 aromatic carbocycles. The van der Waals surface area contributed by atoms with Crippen LogP contribution in [0.3, 0.4) is 0 Å². The van der Waals surface area contributed by atoms with Gasteiger partial charge in [0.05, 0.1) is 22.4 Å². The molecule has 3 aliphatic rings. The van der Waals surface area contributed by atoms with E-state index in [-0.39, 0.29) is 17.6 Å². The molecule has 0 fully saturated rings. The fourth-order valence-electron chi connectivity index (χ4n) is 8.00. The van der Waals surface area contributed by atoms with E-state index in [1.807, 2.05) is 18.0 Å². The minimum atomic E-state index is 0.00497. The molecular formula is C44H36N4OS. The molecule has 0 bridgehead atoms. The van der Waals surface area contributed by atoms with Crippen LogP contribution in [0.2, 0.25) is 0 Å². The molecule has 7 aromatic rings. The molecule has 10 rings (SSSR count). The summed E-state index contributed by atoms with van der Waals surface area (Å²) in [6.45, 7) is 8.93. The molecule has 0 spiro atoms. The normalized spacial score (nSPS) is 17.7. The molecule has 6 heteroatoms. The smallest absolute Gasteiger partial charge is 0.217 e. The zero-order valence-electron chi connectivity index (χ0n) is 28.5. The van der Waals surface area contributed by atoms with E-state index in [1.165, 1.54) is 37.3 Å². The van der Waals surface area contributed by atoms with E-state index in [9.17, 15) is 0 Å². The van der Waals surface area contributed by atoms with E-state index in [2.05, 4.69) is 152 Å². The summed E-state index contributed by atoms with van der Waals surface area (Å²) >= 11 is 1.84. The summed E-state index contributed by atoms with van der Waals surface area (Å²) in [6.07, 6.45) is 2.90. The number of rotatable bonds is 3. The lowest BCUT2D eigenvalue weighted by Gasteiger charge is -2.33. The number of nitrogens with zero attached hydrogens (tertiary/aromatic N) is 4. The molecule has 0 radical (unpaired) electrons. The number of aromatic nitrogens is 2. The van der Waals surface area contributed by atoms with E-state index in [4.69, 9.17) is 14.7 Å². The summed E-state index contributed by atoms with van der Waals surface area (Å²) in [5.74, 6) is 1.67. The molecule has 5 nitrogen and oxygen atoms in total. The molecule has 2 aromatic heterocycles. The van der Waals surface area contributed by atoms with Gasteiger partial charge in [-0.3, -0.25) is 4.57 Å². The molecule has 0 N–H and O–H groups in total. The number of hydrogen-bond acceptors (Lipinski definition) is 5. The Kier molecular flexibility index (Phi) is 6.41. The number of anilines is 3. The molecule has 2 atom stereocenters. The first kappa shape index (κ1) is 29.6. The highest BCUT2D eigenvalue weighted by molar-refractivity contribution is 7.99. The van der Waals surface area contributed by atoms with Crippen LogP contribution in [0.1, 0.15) is 54.6 Å². The molecule has 2 aliphatic heterocycles. The molecule has 4 heterocycles. The lowest BCUT2D eigenvalue weighted by molar-refractivity contribution is 0.206. The lowest BCUT2D eigenvalue weighted by Crippen LogP contribution is -2.17. The van der Waals surface area contributed by atoms with Crippen molar-refractivity contribution in [2.24, 2.45) is 4.99 Å². The van der Waals surface area contributed by atoms with Crippen molar-refractivity contribution in [1.82, 2.24) is 9.55 Å². The maximum atomic E-state index is 6.60. The van der Waals surface area contributed by atoms with Gasteiger partial charge in [0.2, 0.25) is 5.90 Å². The second kappa shape index (κ2) is 10.8. The fourth-order valence-corrected chi connectivity index (χ4v) is 9.08. The van der Waals surface area contributed by atoms with Crippen LogP contribution in [-0.2, 0) is 16.6 Å². The number of hydrogen-bond donors (Lipinski definition) is 0. The number of pyridine rings is 1. The zero-order valence-corrected chi connectivity index (χ0v) is 29.3. The number of benzene rings is 5. The van der Waals surface area contributed by atoms with Gasteiger partial charge >= 0.3 is 0 Å². The third-order valence-electron chi connectivity index (χ3n) is 10.4.